The molecule has 3 heterocycles. The minimum atomic E-state index is -0.970. The van der Waals surface area contributed by atoms with Gasteiger partial charge in [-0.2, -0.15) is 0 Å². The Morgan fingerprint density at radius 1 is 1.50 bits per heavy atom. The van der Waals surface area contributed by atoms with Gasteiger partial charge in [-0.1, -0.05) is 6.07 Å². The van der Waals surface area contributed by atoms with Crippen LogP contribution < -0.4 is 5.32 Å². The molecule has 1 fully saturated rings. The predicted molar refractivity (Wildman–Crippen MR) is 57.8 cm³/mol. The van der Waals surface area contributed by atoms with Crippen molar-refractivity contribution in [3.8, 4) is 0 Å². The van der Waals surface area contributed by atoms with Crippen molar-refractivity contribution in [3.63, 3.8) is 0 Å². The number of fused-ring (bicyclic) bond motifs is 1. The van der Waals surface area contributed by atoms with E-state index in [1.54, 1.807) is 6.07 Å². The summed E-state index contributed by atoms with van der Waals surface area (Å²) < 4.78 is 1.87. The number of nitrogens with zero attached hydrogens (tertiary/aromatic N) is 2. The number of aromatic nitrogens is 2. The van der Waals surface area contributed by atoms with Crippen LogP contribution in [0.5, 0.6) is 0 Å². The van der Waals surface area contributed by atoms with Crippen LogP contribution >= 0.6 is 0 Å². The highest BCUT2D eigenvalue weighted by atomic mass is 16.4. The largest absolute Gasteiger partial charge is 0.476 e. The number of aromatic carboxylic acids is 1. The number of pyridine rings is 1. The monoisotopic (exact) mass is 217 g/mol. The summed E-state index contributed by atoms with van der Waals surface area (Å²) in [6.45, 7) is 1.74. The van der Waals surface area contributed by atoms with E-state index in [1.807, 2.05) is 22.7 Å². The molecular weight excluding hydrogens is 206 g/mol. The second-order valence-electron chi connectivity index (χ2n) is 3.93. The summed E-state index contributed by atoms with van der Waals surface area (Å²) in [5.74, 6) is 0.192. The van der Waals surface area contributed by atoms with E-state index in [9.17, 15) is 4.79 Å². The quantitative estimate of drug-likeness (QED) is 0.777. The summed E-state index contributed by atoms with van der Waals surface area (Å²) in [6.07, 6.45) is 1.86. The van der Waals surface area contributed by atoms with Crippen LogP contribution in [-0.2, 0) is 0 Å². The van der Waals surface area contributed by atoms with E-state index in [1.165, 1.54) is 0 Å². The number of carboxylic acids is 1. The van der Waals surface area contributed by atoms with Gasteiger partial charge < -0.3 is 14.8 Å². The molecule has 5 heteroatoms. The van der Waals surface area contributed by atoms with Crippen LogP contribution in [0.3, 0.4) is 0 Å². The lowest BCUT2D eigenvalue weighted by Gasteiger charge is -2.25. The average molecular weight is 217 g/mol. The van der Waals surface area contributed by atoms with Crippen LogP contribution in [0.25, 0.3) is 5.52 Å². The van der Waals surface area contributed by atoms with Gasteiger partial charge in [0.25, 0.3) is 0 Å². The van der Waals surface area contributed by atoms with E-state index in [0.29, 0.717) is 11.4 Å². The molecule has 2 aromatic rings. The zero-order chi connectivity index (χ0) is 11.1. The highest BCUT2D eigenvalue weighted by Crippen LogP contribution is 2.22. The van der Waals surface area contributed by atoms with Crippen LogP contribution in [0.2, 0.25) is 0 Å². The van der Waals surface area contributed by atoms with Crippen LogP contribution in [0.15, 0.2) is 24.4 Å². The van der Waals surface area contributed by atoms with Gasteiger partial charge in [-0.25, -0.2) is 9.78 Å². The summed E-state index contributed by atoms with van der Waals surface area (Å²) in [5, 5.41) is 12.2. The molecule has 5 nitrogen and oxygen atoms in total. The zero-order valence-electron chi connectivity index (χ0n) is 8.55. The van der Waals surface area contributed by atoms with E-state index < -0.39 is 5.97 Å². The summed E-state index contributed by atoms with van der Waals surface area (Å²) in [7, 11) is 0. The van der Waals surface area contributed by atoms with Crippen molar-refractivity contribution in [3.05, 3.63) is 35.9 Å². The van der Waals surface area contributed by atoms with Gasteiger partial charge in [-0.15, -0.1) is 0 Å². The first kappa shape index (κ1) is 9.35. The molecule has 2 N–H and O–H groups in total. The smallest absolute Gasteiger partial charge is 0.356 e. The third-order valence-electron chi connectivity index (χ3n) is 2.92. The first-order valence-electron chi connectivity index (χ1n) is 5.18. The number of rotatable bonds is 2. The Balaban J connectivity index is 2.24. The van der Waals surface area contributed by atoms with Crippen molar-refractivity contribution in [2.75, 3.05) is 13.1 Å². The molecule has 0 spiro atoms. The first-order chi connectivity index (χ1) is 7.77. The van der Waals surface area contributed by atoms with Crippen molar-refractivity contribution in [1.29, 1.82) is 0 Å². The lowest BCUT2D eigenvalue weighted by molar-refractivity contribution is 0.0693. The van der Waals surface area contributed by atoms with Crippen molar-refractivity contribution < 1.29 is 9.90 Å². The van der Waals surface area contributed by atoms with Gasteiger partial charge in [0.05, 0.1) is 5.52 Å². The standard InChI is InChI=1S/C11H11N3O2/c15-11(16)9-8-3-1-2-4-14(8)10(13-9)7-5-12-6-7/h1-4,7,12H,5-6H2,(H,15,16). The second-order valence-corrected chi connectivity index (χ2v) is 3.93. The molecule has 1 aliphatic heterocycles. The number of nitrogens with one attached hydrogen (secondary N) is 1. The fourth-order valence-corrected chi connectivity index (χ4v) is 1.98. The summed E-state index contributed by atoms with van der Waals surface area (Å²) in [5.41, 5.74) is 0.805. The van der Waals surface area contributed by atoms with Gasteiger partial charge in [-0.3, -0.25) is 0 Å². The summed E-state index contributed by atoms with van der Waals surface area (Å²) in [6, 6.07) is 5.49. The Morgan fingerprint density at radius 3 is 2.94 bits per heavy atom. The molecule has 1 saturated heterocycles. The molecule has 0 atom stereocenters. The maximum atomic E-state index is 11.1. The lowest BCUT2D eigenvalue weighted by atomic mass is 10.0. The SMILES string of the molecule is O=C(O)c1nc(C2CNC2)n2ccccc12. The van der Waals surface area contributed by atoms with Crippen molar-refractivity contribution in [2.45, 2.75) is 5.92 Å². The molecule has 0 unspecified atom stereocenters. The van der Waals surface area contributed by atoms with Crippen molar-refractivity contribution >= 4 is 11.5 Å². The molecule has 0 aromatic carbocycles. The van der Waals surface area contributed by atoms with Gasteiger partial charge in [0.1, 0.15) is 5.82 Å². The minimum Gasteiger partial charge on any atom is -0.476 e. The Kier molecular flexibility index (Phi) is 1.94. The lowest BCUT2D eigenvalue weighted by Crippen LogP contribution is -2.40. The van der Waals surface area contributed by atoms with E-state index in [-0.39, 0.29) is 5.69 Å². The van der Waals surface area contributed by atoms with Crippen LogP contribution in [-0.4, -0.2) is 33.6 Å². The third kappa shape index (κ3) is 1.22. The van der Waals surface area contributed by atoms with Gasteiger partial charge in [0.15, 0.2) is 5.69 Å². The van der Waals surface area contributed by atoms with Crippen molar-refractivity contribution in [2.24, 2.45) is 0 Å². The van der Waals surface area contributed by atoms with Gasteiger partial charge >= 0.3 is 5.97 Å². The molecule has 0 bridgehead atoms. The fourth-order valence-electron chi connectivity index (χ4n) is 1.98. The number of hydrogen-bond acceptors (Lipinski definition) is 3. The second kappa shape index (κ2) is 3.31. The molecular formula is C11H11N3O2. The Hall–Kier alpha value is -1.88. The molecule has 0 amide bonds. The minimum absolute atomic E-state index is 0.141. The maximum absolute atomic E-state index is 11.1. The van der Waals surface area contributed by atoms with E-state index in [0.717, 1.165) is 18.9 Å². The Morgan fingerprint density at radius 2 is 2.31 bits per heavy atom. The van der Waals surface area contributed by atoms with Crippen LogP contribution in [0.4, 0.5) is 0 Å². The molecule has 0 aliphatic carbocycles. The fraction of sp³-hybridized carbons (Fsp3) is 0.273. The molecule has 2 aromatic heterocycles. The van der Waals surface area contributed by atoms with E-state index in [2.05, 4.69) is 10.3 Å². The molecule has 16 heavy (non-hydrogen) atoms. The Labute approximate surface area is 91.7 Å². The van der Waals surface area contributed by atoms with Gasteiger partial charge in [0, 0.05) is 25.2 Å². The van der Waals surface area contributed by atoms with Crippen LogP contribution in [0.1, 0.15) is 22.2 Å². The predicted octanol–water partition coefficient (Wildman–Crippen LogP) is 0.719. The third-order valence-corrected chi connectivity index (χ3v) is 2.92. The number of imidazole rings is 1. The van der Waals surface area contributed by atoms with Gasteiger partial charge in [-0.05, 0) is 12.1 Å². The highest BCUT2D eigenvalue weighted by molar-refractivity contribution is 5.93. The van der Waals surface area contributed by atoms with Gasteiger partial charge in [0.2, 0.25) is 0 Å². The van der Waals surface area contributed by atoms with Crippen molar-refractivity contribution in [1.82, 2.24) is 14.7 Å². The van der Waals surface area contributed by atoms with Crippen LogP contribution in [0, 0.1) is 0 Å². The maximum Gasteiger partial charge on any atom is 0.356 e. The molecule has 82 valence electrons. The average Bonchev–Trinajstić information content (AvgIpc) is 2.56. The number of carboxylic acid groups (broad SMARTS) is 1. The van der Waals surface area contributed by atoms with E-state index in [4.69, 9.17) is 5.11 Å². The molecule has 3 rings (SSSR count). The molecule has 0 saturated carbocycles. The first-order valence-corrected chi connectivity index (χ1v) is 5.18. The normalized spacial score (nSPS) is 16.2. The van der Waals surface area contributed by atoms with E-state index >= 15 is 0 Å². The molecule has 0 radical (unpaired) electrons. The Bertz CT molecular complexity index is 557. The summed E-state index contributed by atoms with van der Waals surface area (Å²) >= 11 is 0. The number of hydrogen-bond donors (Lipinski definition) is 2. The molecule has 1 aliphatic rings. The highest BCUT2D eigenvalue weighted by Gasteiger charge is 2.26. The zero-order valence-corrected chi connectivity index (χ0v) is 8.55. The summed E-state index contributed by atoms with van der Waals surface area (Å²) in [4.78, 5) is 15.3. The topological polar surface area (TPSA) is 66.6 Å². The number of carbonyl (C=O) groups is 1.